The molecule has 5 rings (SSSR count). The van der Waals surface area contributed by atoms with Gasteiger partial charge in [-0.15, -0.1) is 0 Å². The maximum absolute atomic E-state index is 12.7. The van der Waals surface area contributed by atoms with Crippen LogP contribution in [0.3, 0.4) is 0 Å². The smallest absolute Gasteiger partial charge is 0.343 e. The number of esters is 3. The molecule has 9 heteroatoms. The van der Waals surface area contributed by atoms with E-state index in [1.165, 1.54) is 6.08 Å². The summed E-state index contributed by atoms with van der Waals surface area (Å²) in [6.07, 6.45) is 2.23. The Bertz CT molecular complexity index is 2010. The van der Waals surface area contributed by atoms with E-state index in [-0.39, 0.29) is 19.2 Å². The van der Waals surface area contributed by atoms with Crippen molar-refractivity contribution in [3.8, 4) is 45.3 Å². The monoisotopic (exact) mass is 668 g/mol. The van der Waals surface area contributed by atoms with Gasteiger partial charge in [0.05, 0.1) is 11.1 Å². The minimum atomic E-state index is -0.596. The van der Waals surface area contributed by atoms with Gasteiger partial charge in [-0.2, -0.15) is 0 Å². The summed E-state index contributed by atoms with van der Waals surface area (Å²) in [7, 11) is 0. The lowest BCUT2D eigenvalue weighted by Crippen LogP contribution is -2.09. The molecular formula is C41H32O9. The van der Waals surface area contributed by atoms with E-state index < -0.39 is 17.9 Å². The average molecular weight is 669 g/mol. The molecule has 0 saturated carbocycles. The maximum atomic E-state index is 12.7. The summed E-state index contributed by atoms with van der Waals surface area (Å²) in [5, 5.41) is 0. The predicted octanol–water partition coefficient (Wildman–Crippen LogP) is 7.97. The third kappa shape index (κ3) is 9.20. The van der Waals surface area contributed by atoms with E-state index >= 15 is 0 Å². The fourth-order valence-corrected chi connectivity index (χ4v) is 4.72. The summed E-state index contributed by atoms with van der Waals surface area (Å²) < 4.78 is 26.5. The van der Waals surface area contributed by atoms with Crippen molar-refractivity contribution in [2.45, 2.75) is 6.92 Å². The van der Waals surface area contributed by atoms with Gasteiger partial charge in [-0.05, 0) is 114 Å². The molecule has 0 fully saturated rings. The second-order valence-electron chi connectivity index (χ2n) is 10.8. The predicted molar refractivity (Wildman–Crippen MR) is 187 cm³/mol. The Morgan fingerprint density at radius 3 is 1.54 bits per heavy atom. The third-order valence-electron chi connectivity index (χ3n) is 7.38. The Hall–Kier alpha value is -6.74. The summed E-state index contributed by atoms with van der Waals surface area (Å²) in [5.74, 6) is -0.193. The molecule has 0 bridgehead atoms. The summed E-state index contributed by atoms with van der Waals surface area (Å²) in [6, 6.07) is 33.2. The zero-order chi connectivity index (χ0) is 35.5. The van der Waals surface area contributed by atoms with Crippen LogP contribution in [0.15, 0.2) is 141 Å². The molecule has 0 unspecified atom stereocenters. The Balaban J connectivity index is 1.15. The van der Waals surface area contributed by atoms with Crippen LogP contribution < -0.4 is 18.9 Å². The molecule has 0 aliphatic rings. The van der Waals surface area contributed by atoms with Gasteiger partial charge in [0.1, 0.15) is 23.0 Å². The lowest BCUT2D eigenvalue weighted by atomic mass is 9.96. The molecule has 5 aromatic carbocycles. The quantitative estimate of drug-likeness (QED) is 0.0503. The highest BCUT2D eigenvalue weighted by Gasteiger charge is 2.12. The molecule has 0 spiro atoms. The highest BCUT2D eigenvalue weighted by molar-refractivity contribution is 5.92. The first kappa shape index (κ1) is 34.6. The van der Waals surface area contributed by atoms with Crippen LogP contribution in [0.1, 0.15) is 26.3 Å². The van der Waals surface area contributed by atoms with Crippen molar-refractivity contribution < 1.29 is 42.9 Å². The molecule has 0 aliphatic carbocycles. The van der Waals surface area contributed by atoms with Gasteiger partial charge in [0.25, 0.3) is 0 Å². The van der Waals surface area contributed by atoms with Crippen LogP contribution in [0.25, 0.3) is 22.3 Å². The molecule has 0 heterocycles. The number of rotatable bonds is 14. The summed E-state index contributed by atoms with van der Waals surface area (Å²) >= 11 is 0. The summed E-state index contributed by atoms with van der Waals surface area (Å²) in [6.45, 7) is 8.35. The first-order valence-corrected chi connectivity index (χ1v) is 15.4. The minimum Gasteiger partial charge on any atom is -0.485 e. The fourth-order valence-electron chi connectivity index (χ4n) is 4.72. The molecular weight excluding hydrogens is 636 g/mol. The van der Waals surface area contributed by atoms with Gasteiger partial charge in [0, 0.05) is 6.08 Å². The van der Waals surface area contributed by atoms with E-state index in [0.29, 0.717) is 34.1 Å². The molecule has 0 atom stereocenters. The second kappa shape index (κ2) is 16.4. The third-order valence-corrected chi connectivity index (χ3v) is 7.38. The lowest BCUT2D eigenvalue weighted by Gasteiger charge is -2.11. The van der Waals surface area contributed by atoms with Crippen molar-refractivity contribution in [3.63, 3.8) is 0 Å². The van der Waals surface area contributed by atoms with Crippen LogP contribution in [0.5, 0.6) is 23.0 Å². The maximum Gasteiger partial charge on any atom is 0.343 e. The average Bonchev–Trinajstić information content (AvgIpc) is 3.14. The van der Waals surface area contributed by atoms with E-state index in [0.717, 1.165) is 33.9 Å². The van der Waals surface area contributed by atoms with Crippen LogP contribution in [-0.2, 0) is 14.3 Å². The number of benzene rings is 5. The molecule has 5 aromatic rings. The molecule has 50 heavy (non-hydrogen) atoms. The van der Waals surface area contributed by atoms with Gasteiger partial charge in [-0.1, -0.05) is 55.6 Å². The van der Waals surface area contributed by atoms with Crippen molar-refractivity contribution in [1.29, 1.82) is 0 Å². The zero-order valence-corrected chi connectivity index (χ0v) is 27.1. The Morgan fingerprint density at radius 2 is 1.04 bits per heavy atom. The Morgan fingerprint density at radius 1 is 0.560 bits per heavy atom. The van der Waals surface area contributed by atoms with E-state index in [4.69, 9.17) is 23.7 Å². The molecule has 9 nitrogen and oxygen atoms in total. The SMILES string of the molecule is C=CC(=O)COc1ccc(C(=O)Oc2ccc(-c3ccc(-c4ccc(OC(=O)c5ccc(OCOC(=O)C=C)cc5)cc4)cc3C)cc2)cc1. The lowest BCUT2D eigenvalue weighted by molar-refractivity contribution is -0.144. The van der Waals surface area contributed by atoms with Crippen molar-refractivity contribution in [1.82, 2.24) is 0 Å². The van der Waals surface area contributed by atoms with Crippen LogP contribution in [0.2, 0.25) is 0 Å². The topological polar surface area (TPSA) is 114 Å². The summed E-state index contributed by atoms with van der Waals surface area (Å²) in [4.78, 5) is 47.7. The molecule has 250 valence electrons. The number of hydrogen-bond donors (Lipinski definition) is 0. The van der Waals surface area contributed by atoms with Crippen molar-refractivity contribution in [2.24, 2.45) is 0 Å². The van der Waals surface area contributed by atoms with E-state index in [9.17, 15) is 19.2 Å². The first-order valence-electron chi connectivity index (χ1n) is 15.4. The van der Waals surface area contributed by atoms with Gasteiger partial charge in [0.15, 0.2) is 12.4 Å². The van der Waals surface area contributed by atoms with Gasteiger partial charge in [-0.3, -0.25) is 4.79 Å². The van der Waals surface area contributed by atoms with Crippen LogP contribution in [-0.4, -0.2) is 37.1 Å². The number of carbonyl (C=O) groups excluding carboxylic acids is 4. The number of ketones is 1. The second-order valence-corrected chi connectivity index (χ2v) is 10.8. The first-order chi connectivity index (χ1) is 24.2. The highest BCUT2D eigenvalue weighted by atomic mass is 16.7. The van der Waals surface area contributed by atoms with Gasteiger partial charge in [-0.25, -0.2) is 14.4 Å². The molecule has 0 aromatic heterocycles. The number of ether oxygens (including phenoxy) is 5. The fraction of sp³-hybridized carbons (Fsp3) is 0.0732. The van der Waals surface area contributed by atoms with Gasteiger partial charge >= 0.3 is 17.9 Å². The van der Waals surface area contributed by atoms with Crippen LogP contribution >= 0.6 is 0 Å². The van der Waals surface area contributed by atoms with E-state index in [1.54, 1.807) is 72.8 Å². The molecule has 0 N–H and O–H groups in total. The number of hydrogen-bond acceptors (Lipinski definition) is 9. The van der Waals surface area contributed by atoms with Crippen LogP contribution in [0, 0.1) is 6.92 Å². The van der Waals surface area contributed by atoms with Gasteiger partial charge < -0.3 is 23.7 Å². The molecule has 0 amide bonds. The summed E-state index contributed by atoms with van der Waals surface area (Å²) in [5.41, 5.74) is 5.65. The molecule has 0 aliphatic heterocycles. The highest BCUT2D eigenvalue weighted by Crippen LogP contribution is 2.31. The van der Waals surface area contributed by atoms with Crippen molar-refractivity contribution in [3.05, 3.63) is 157 Å². The van der Waals surface area contributed by atoms with E-state index in [1.807, 2.05) is 43.3 Å². The molecule has 0 radical (unpaired) electrons. The van der Waals surface area contributed by atoms with Crippen molar-refractivity contribution >= 4 is 23.7 Å². The Kier molecular flexibility index (Phi) is 11.3. The van der Waals surface area contributed by atoms with Gasteiger partial charge in [0.2, 0.25) is 6.79 Å². The Labute approximate surface area is 289 Å². The molecule has 0 saturated heterocycles. The number of aryl methyl sites for hydroxylation is 1. The largest absolute Gasteiger partial charge is 0.485 e. The van der Waals surface area contributed by atoms with E-state index in [2.05, 4.69) is 19.2 Å². The standard InChI is InChI=1S/C41H32O9/c1-4-33(42)25-46-34-15-10-30(11-16-34)40(44)50-37-21-8-29(9-22-37)38-23-14-32(24-27(38)3)28-6-19-36(20-7-28)49-41(45)31-12-17-35(18-13-31)47-26-48-39(43)5-2/h4-24H,1-2,25-26H2,3H3. The van der Waals surface area contributed by atoms with Crippen LogP contribution in [0.4, 0.5) is 0 Å². The zero-order valence-electron chi connectivity index (χ0n) is 27.1. The van der Waals surface area contributed by atoms with Crippen molar-refractivity contribution in [2.75, 3.05) is 13.4 Å². The number of carbonyl (C=O) groups is 4. The normalized spacial score (nSPS) is 10.3. The minimum absolute atomic E-state index is 0.121.